The molecule has 1 fully saturated rings. The molecule has 1 aliphatic carbocycles. The van der Waals surface area contributed by atoms with Crippen LogP contribution >= 0.6 is 15.9 Å². The summed E-state index contributed by atoms with van der Waals surface area (Å²) in [5.74, 6) is 0. The lowest BCUT2D eigenvalue weighted by molar-refractivity contribution is 0.304. The fourth-order valence-corrected chi connectivity index (χ4v) is 3.98. The Kier molecular flexibility index (Phi) is 2.99. The zero-order valence-corrected chi connectivity index (χ0v) is 12.3. The van der Waals surface area contributed by atoms with Crippen LogP contribution in [-0.4, -0.2) is 4.57 Å². The third-order valence-electron chi connectivity index (χ3n) is 4.25. The molecule has 0 radical (unpaired) electrons. The van der Waals surface area contributed by atoms with Gasteiger partial charge in [0.25, 0.3) is 0 Å². The molecule has 1 heterocycles. The van der Waals surface area contributed by atoms with Crippen molar-refractivity contribution < 1.29 is 0 Å². The van der Waals surface area contributed by atoms with Crippen LogP contribution in [0.5, 0.6) is 0 Å². The van der Waals surface area contributed by atoms with E-state index in [-0.39, 0.29) is 5.54 Å². The highest BCUT2D eigenvalue weighted by Crippen LogP contribution is 2.40. The average molecular weight is 307 g/mol. The van der Waals surface area contributed by atoms with E-state index in [1.165, 1.54) is 35.7 Å². The van der Waals surface area contributed by atoms with Gasteiger partial charge < -0.3 is 10.3 Å². The van der Waals surface area contributed by atoms with E-state index in [1.54, 1.807) is 0 Å². The summed E-state index contributed by atoms with van der Waals surface area (Å²) >= 11 is 3.68. The van der Waals surface area contributed by atoms with Gasteiger partial charge in [-0.2, -0.15) is 0 Å². The molecule has 0 amide bonds. The zero-order valence-electron chi connectivity index (χ0n) is 10.7. The van der Waals surface area contributed by atoms with Crippen molar-refractivity contribution in [1.82, 2.24) is 4.57 Å². The summed E-state index contributed by atoms with van der Waals surface area (Å²) in [5, 5.41) is 1.30. The molecule has 0 atom stereocenters. The molecule has 3 heteroatoms. The highest BCUT2D eigenvalue weighted by molar-refractivity contribution is 9.10. The Balaban J connectivity index is 2.22. The summed E-state index contributed by atoms with van der Waals surface area (Å²) in [4.78, 5) is 0. The Morgan fingerprint density at radius 3 is 2.67 bits per heavy atom. The molecular weight excluding hydrogens is 288 g/mol. The lowest BCUT2D eigenvalue weighted by atomic mass is 9.76. The van der Waals surface area contributed by atoms with Gasteiger partial charge in [0.2, 0.25) is 0 Å². The molecule has 1 saturated carbocycles. The predicted octanol–water partition coefficient (Wildman–Crippen LogP) is 4.06. The van der Waals surface area contributed by atoms with Gasteiger partial charge in [-0.15, -0.1) is 0 Å². The Labute approximate surface area is 116 Å². The number of benzene rings is 1. The minimum Gasteiger partial charge on any atom is -0.349 e. The van der Waals surface area contributed by atoms with Gasteiger partial charge in [-0.3, -0.25) is 0 Å². The molecule has 1 aromatic heterocycles. The molecular formula is C15H19BrN2. The van der Waals surface area contributed by atoms with Crippen LogP contribution in [0.1, 0.15) is 37.7 Å². The number of fused-ring (bicyclic) bond motifs is 1. The van der Waals surface area contributed by atoms with Crippen LogP contribution in [0.15, 0.2) is 28.9 Å². The minimum atomic E-state index is -0.137. The maximum absolute atomic E-state index is 6.69. The van der Waals surface area contributed by atoms with Crippen molar-refractivity contribution >= 4 is 26.8 Å². The number of hydrogen-bond acceptors (Lipinski definition) is 1. The molecule has 2 nitrogen and oxygen atoms in total. The number of rotatable bonds is 1. The first kappa shape index (κ1) is 12.2. The lowest BCUT2D eigenvalue weighted by Gasteiger charge is -2.34. The maximum Gasteiger partial charge on any atom is 0.0492 e. The monoisotopic (exact) mass is 306 g/mol. The molecule has 0 spiro atoms. The van der Waals surface area contributed by atoms with Crippen LogP contribution in [0.4, 0.5) is 0 Å². The van der Waals surface area contributed by atoms with Crippen LogP contribution in [0.3, 0.4) is 0 Å². The van der Waals surface area contributed by atoms with Gasteiger partial charge in [0.05, 0.1) is 0 Å². The Morgan fingerprint density at radius 2 is 1.94 bits per heavy atom. The molecule has 0 saturated heterocycles. The van der Waals surface area contributed by atoms with Gasteiger partial charge in [-0.1, -0.05) is 31.4 Å². The van der Waals surface area contributed by atoms with Gasteiger partial charge in [0.1, 0.15) is 0 Å². The normalized spacial score (nSPS) is 19.3. The van der Waals surface area contributed by atoms with Crippen LogP contribution in [0, 0.1) is 0 Å². The molecule has 2 N–H and O–H groups in total. The fourth-order valence-electron chi connectivity index (χ4n) is 3.26. The van der Waals surface area contributed by atoms with Crippen LogP contribution in [0.2, 0.25) is 0 Å². The summed E-state index contributed by atoms with van der Waals surface area (Å²) in [6.07, 6.45) is 8.15. The summed E-state index contributed by atoms with van der Waals surface area (Å²) < 4.78 is 3.32. The third kappa shape index (κ3) is 1.81. The third-order valence-corrected chi connectivity index (χ3v) is 4.85. The van der Waals surface area contributed by atoms with Gasteiger partial charge in [-0.25, -0.2) is 0 Å². The first-order chi connectivity index (χ1) is 8.62. The summed E-state index contributed by atoms with van der Waals surface area (Å²) in [5.41, 5.74) is 9.13. The van der Waals surface area contributed by atoms with E-state index in [4.69, 9.17) is 5.73 Å². The molecule has 0 unspecified atom stereocenters. The van der Waals surface area contributed by atoms with Crippen molar-refractivity contribution in [2.75, 3.05) is 0 Å². The molecule has 1 aliphatic rings. The van der Waals surface area contributed by atoms with E-state index < -0.39 is 0 Å². The maximum atomic E-state index is 6.69. The van der Waals surface area contributed by atoms with E-state index in [1.807, 2.05) is 0 Å². The quantitative estimate of drug-likeness (QED) is 0.846. The Morgan fingerprint density at radius 1 is 1.22 bits per heavy atom. The second kappa shape index (κ2) is 4.39. The van der Waals surface area contributed by atoms with Crippen molar-refractivity contribution in [2.24, 2.45) is 12.8 Å². The number of hydrogen-bond donors (Lipinski definition) is 1. The highest BCUT2D eigenvalue weighted by atomic mass is 79.9. The molecule has 0 bridgehead atoms. The summed E-state index contributed by atoms with van der Waals surface area (Å²) in [7, 11) is 2.08. The predicted molar refractivity (Wildman–Crippen MR) is 79.6 cm³/mol. The van der Waals surface area contributed by atoms with Crippen LogP contribution in [-0.2, 0) is 12.6 Å². The number of aromatic nitrogens is 1. The van der Waals surface area contributed by atoms with Gasteiger partial charge in [-0.05, 0) is 40.4 Å². The van der Waals surface area contributed by atoms with Crippen molar-refractivity contribution in [3.05, 3.63) is 34.4 Å². The zero-order chi connectivity index (χ0) is 12.8. The SMILES string of the molecule is Cn1cc(Br)c2c(C3(N)CCCCC3)cccc21. The van der Waals surface area contributed by atoms with Crippen molar-refractivity contribution in [3.63, 3.8) is 0 Å². The smallest absolute Gasteiger partial charge is 0.0492 e. The minimum absolute atomic E-state index is 0.137. The molecule has 18 heavy (non-hydrogen) atoms. The molecule has 0 aliphatic heterocycles. The van der Waals surface area contributed by atoms with E-state index in [0.717, 1.165) is 17.3 Å². The number of halogens is 1. The van der Waals surface area contributed by atoms with Crippen LogP contribution in [0.25, 0.3) is 10.9 Å². The summed E-state index contributed by atoms with van der Waals surface area (Å²) in [6, 6.07) is 6.50. The van der Waals surface area contributed by atoms with E-state index >= 15 is 0 Å². The van der Waals surface area contributed by atoms with E-state index in [0.29, 0.717) is 0 Å². The Bertz CT molecular complexity index is 579. The van der Waals surface area contributed by atoms with E-state index in [2.05, 4.69) is 51.9 Å². The molecule has 1 aromatic carbocycles. The highest BCUT2D eigenvalue weighted by Gasteiger charge is 2.31. The second-order valence-corrected chi connectivity index (χ2v) is 6.36. The first-order valence-corrected chi connectivity index (χ1v) is 7.44. The van der Waals surface area contributed by atoms with Crippen LogP contribution < -0.4 is 5.73 Å². The van der Waals surface area contributed by atoms with Gasteiger partial charge >= 0.3 is 0 Å². The lowest BCUT2D eigenvalue weighted by Crippen LogP contribution is -2.38. The first-order valence-electron chi connectivity index (χ1n) is 6.65. The largest absolute Gasteiger partial charge is 0.349 e. The standard InChI is InChI=1S/C15H19BrN2/c1-18-10-12(16)14-11(6-5-7-13(14)18)15(17)8-3-2-4-9-15/h5-7,10H,2-4,8-9,17H2,1H3. The molecule has 2 aromatic rings. The van der Waals surface area contributed by atoms with Crippen molar-refractivity contribution in [3.8, 4) is 0 Å². The Hall–Kier alpha value is -0.800. The van der Waals surface area contributed by atoms with Crippen molar-refractivity contribution in [2.45, 2.75) is 37.6 Å². The second-order valence-electron chi connectivity index (χ2n) is 5.50. The molecule has 96 valence electrons. The molecule has 3 rings (SSSR count). The number of nitrogens with two attached hydrogens (primary N) is 1. The number of aryl methyl sites for hydroxylation is 1. The number of nitrogens with zero attached hydrogens (tertiary/aromatic N) is 1. The fraction of sp³-hybridized carbons (Fsp3) is 0.467. The van der Waals surface area contributed by atoms with Gasteiger partial charge in [0, 0.05) is 34.2 Å². The summed E-state index contributed by atoms with van der Waals surface area (Å²) in [6.45, 7) is 0. The average Bonchev–Trinajstić information content (AvgIpc) is 2.66. The van der Waals surface area contributed by atoms with Crippen molar-refractivity contribution in [1.29, 1.82) is 0 Å². The van der Waals surface area contributed by atoms with Gasteiger partial charge in [0.15, 0.2) is 0 Å². The van der Waals surface area contributed by atoms with E-state index in [9.17, 15) is 0 Å². The topological polar surface area (TPSA) is 30.9 Å².